The molecule has 2 N–H and O–H groups in total. The molecule has 0 aliphatic heterocycles. The highest BCUT2D eigenvalue weighted by molar-refractivity contribution is 7.17. The number of thiophene rings is 1. The Morgan fingerprint density at radius 1 is 1.07 bits per heavy atom. The lowest BCUT2D eigenvalue weighted by Crippen LogP contribution is -2.22. The molecule has 0 atom stereocenters. The minimum Gasteiger partial charge on any atom is -0.492 e. The van der Waals surface area contributed by atoms with Crippen LogP contribution >= 0.6 is 11.3 Å². The van der Waals surface area contributed by atoms with Crippen LogP contribution in [0.1, 0.15) is 35.0 Å². The van der Waals surface area contributed by atoms with E-state index in [-0.39, 0.29) is 17.7 Å². The van der Waals surface area contributed by atoms with Gasteiger partial charge in [-0.15, -0.1) is 11.3 Å². The number of carbonyl (C=O) groups excluding carboxylic acids is 2. The standard InChI is InChI=1S/C24H24N2O3S/c1-2-29-20-14-21(17-8-4-3-5-9-17)30-22(20)24(28)25-15-16-7-6-10-19(13-16)26-23(27)18-11-12-18/h3-10,13-14,18H,2,11-12,15H2,1H3,(H,25,28)(H,26,27). The van der Waals surface area contributed by atoms with E-state index in [2.05, 4.69) is 10.6 Å². The van der Waals surface area contributed by atoms with Gasteiger partial charge in [0.1, 0.15) is 10.6 Å². The molecule has 0 unspecified atom stereocenters. The van der Waals surface area contributed by atoms with Crippen LogP contribution in [0.4, 0.5) is 5.69 Å². The van der Waals surface area contributed by atoms with Gasteiger partial charge >= 0.3 is 0 Å². The third kappa shape index (κ3) is 4.89. The molecule has 1 fully saturated rings. The van der Waals surface area contributed by atoms with Gasteiger partial charge in [0.2, 0.25) is 5.91 Å². The minimum atomic E-state index is -0.168. The fourth-order valence-corrected chi connectivity index (χ4v) is 4.17. The maximum absolute atomic E-state index is 12.9. The van der Waals surface area contributed by atoms with Gasteiger partial charge in [-0.1, -0.05) is 42.5 Å². The topological polar surface area (TPSA) is 67.4 Å². The van der Waals surface area contributed by atoms with Crippen molar-refractivity contribution in [3.05, 3.63) is 71.1 Å². The Bertz CT molecular complexity index is 1040. The highest BCUT2D eigenvalue weighted by Gasteiger charge is 2.29. The molecule has 2 amide bonds. The van der Waals surface area contributed by atoms with Gasteiger partial charge in [0.15, 0.2) is 0 Å². The smallest absolute Gasteiger partial charge is 0.265 e. The quantitative estimate of drug-likeness (QED) is 0.533. The van der Waals surface area contributed by atoms with Crippen LogP contribution in [0.5, 0.6) is 5.75 Å². The van der Waals surface area contributed by atoms with Gasteiger partial charge in [0.05, 0.1) is 6.61 Å². The molecule has 30 heavy (non-hydrogen) atoms. The second kappa shape index (κ2) is 9.13. The van der Waals surface area contributed by atoms with Crippen molar-refractivity contribution in [1.29, 1.82) is 0 Å². The molecule has 1 aliphatic rings. The Kier molecular flexibility index (Phi) is 6.14. The Labute approximate surface area is 180 Å². The van der Waals surface area contributed by atoms with Crippen molar-refractivity contribution >= 4 is 28.8 Å². The zero-order valence-electron chi connectivity index (χ0n) is 16.8. The first-order valence-corrected chi connectivity index (χ1v) is 11.0. The average molecular weight is 421 g/mol. The first kappa shape index (κ1) is 20.2. The molecule has 5 nitrogen and oxygen atoms in total. The van der Waals surface area contributed by atoms with Crippen LogP contribution in [-0.2, 0) is 11.3 Å². The minimum absolute atomic E-state index is 0.0737. The molecule has 1 aliphatic carbocycles. The van der Waals surface area contributed by atoms with E-state index in [1.807, 2.05) is 67.6 Å². The van der Waals surface area contributed by atoms with E-state index >= 15 is 0 Å². The molecule has 0 radical (unpaired) electrons. The van der Waals surface area contributed by atoms with E-state index in [1.165, 1.54) is 11.3 Å². The number of amides is 2. The second-order valence-corrected chi connectivity index (χ2v) is 8.30. The summed E-state index contributed by atoms with van der Waals surface area (Å²) in [5.74, 6) is 0.662. The van der Waals surface area contributed by atoms with E-state index in [1.54, 1.807) is 0 Å². The van der Waals surface area contributed by atoms with Gasteiger partial charge < -0.3 is 15.4 Å². The van der Waals surface area contributed by atoms with Crippen LogP contribution in [0.2, 0.25) is 0 Å². The van der Waals surface area contributed by atoms with E-state index in [0.29, 0.717) is 23.8 Å². The van der Waals surface area contributed by atoms with Crippen molar-refractivity contribution in [2.75, 3.05) is 11.9 Å². The molecule has 6 heteroatoms. The van der Waals surface area contributed by atoms with Gasteiger partial charge in [0.25, 0.3) is 5.91 Å². The van der Waals surface area contributed by atoms with E-state index in [4.69, 9.17) is 4.74 Å². The molecule has 1 aromatic heterocycles. The molecule has 1 heterocycles. The summed E-state index contributed by atoms with van der Waals surface area (Å²) in [5, 5.41) is 5.91. The summed E-state index contributed by atoms with van der Waals surface area (Å²) in [6.07, 6.45) is 1.94. The van der Waals surface area contributed by atoms with Crippen LogP contribution < -0.4 is 15.4 Å². The van der Waals surface area contributed by atoms with Crippen molar-refractivity contribution in [2.45, 2.75) is 26.3 Å². The molecular formula is C24H24N2O3S. The maximum Gasteiger partial charge on any atom is 0.265 e. The summed E-state index contributed by atoms with van der Waals surface area (Å²) in [7, 11) is 0. The highest BCUT2D eigenvalue weighted by atomic mass is 32.1. The number of benzene rings is 2. The van der Waals surface area contributed by atoms with Gasteiger partial charge in [0, 0.05) is 23.0 Å². The molecule has 3 aromatic rings. The lowest BCUT2D eigenvalue weighted by atomic mass is 10.2. The fraction of sp³-hybridized carbons (Fsp3) is 0.250. The number of hydrogen-bond acceptors (Lipinski definition) is 4. The molecule has 154 valence electrons. The van der Waals surface area contributed by atoms with Gasteiger partial charge in [-0.25, -0.2) is 0 Å². The van der Waals surface area contributed by atoms with Crippen LogP contribution in [0, 0.1) is 5.92 Å². The summed E-state index contributed by atoms with van der Waals surface area (Å²) in [6, 6.07) is 19.5. The van der Waals surface area contributed by atoms with Crippen molar-refractivity contribution in [2.24, 2.45) is 5.92 Å². The zero-order chi connectivity index (χ0) is 20.9. The molecule has 4 rings (SSSR count). The monoisotopic (exact) mass is 420 g/mol. The predicted octanol–water partition coefficient (Wildman–Crippen LogP) is 5.09. The number of hydrogen-bond donors (Lipinski definition) is 2. The van der Waals surface area contributed by atoms with Crippen molar-refractivity contribution < 1.29 is 14.3 Å². The first-order valence-electron chi connectivity index (χ1n) is 10.1. The Morgan fingerprint density at radius 2 is 1.87 bits per heavy atom. The summed E-state index contributed by atoms with van der Waals surface area (Å²) in [6.45, 7) is 2.77. The molecule has 0 bridgehead atoms. The van der Waals surface area contributed by atoms with Crippen molar-refractivity contribution in [3.63, 3.8) is 0 Å². The third-order valence-electron chi connectivity index (χ3n) is 4.86. The highest BCUT2D eigenvalue weighted by Crippen LogP contribution is 2.36. The number of anilines is 1. The summed E-state index contributed by atoms with van der Waals surface area (Å²) in [5.41, 5.74) is 2.74. The van der Waals surface area contributed by atoms with E-state index < -0.39 is 0 Å². The Balaban J connectivity index is 1.44. The normalized spacial score (nSPS) is 13.0. The largest absolute Gasteiger partial charge is 0.492 e. The summed E-state index contributed by atoms with van der Waals surface area (Å²) >= 11 is 1.42. The summed E-state index contributed by atoms with van der Waals surface area (Å²) < 4.78 is 5.71. The molecular weight excluding hydrogens is 396 g/mol. The molecule has 1 saturated carbocycles. The fourth-order valence-electron chi connectivity index (χ4n) is 3.15. The average Bonchev–Trinajstić information content (AvgIpc) is 3.54. The second-order valence-electron chi connectivity index (χ2n) is 7.25. The molecule has 0 spiro atoms. The molecule has 2 aromatic carbocycles. The number of carbonyl (C=O) groups is 2. The Morgan fingerprint density at radius 3 is 2.60 bits per heavy atom. The van der Waals surface area contributed by atoms with Crippen LogP contribution in [-0.4, -0.2) is 18.4 Å². The van der Waals surface area contributed by atoms with Crippen molar-refractivity contribution in [3.8, 4) is 16.2 Å². The number of ether oxygens (including phenoxy) is 1. The van der Waals surface area contributed by atoms with Crippen LogP contribution in [0.15, 0.2) is 60.7 Å². The number of nitrogens with one attached hydrogen (secondary N) is 2. The van der Waals surface area contributed by atoms with Gasteiger partial charge in [-0.05, 0) is 49.1 Å². The first-order chi connectivity index (χ1) is 14.6. The third-order valence-corrected chi connectivity index (χ3v) is 6.02. The van der Waals surface area contributed by atoms with E-state index in [9.17, 15) is 9.59 Å². The van der Waals surface area contributed by atoms with Gasteiger partial charge in [-0.3, -0.25) is 9.59 Å². The molecule has 0 saturated heterocycles. The summed E-state index contributed by atoms with van der Waals surface area (Å²) in [4.78, 5) is 26.4. The van der Waals surface area contributed by atoms with Gasteiger partial charge in [-0.2, -0.15) is 0 Å². The number of rotatable bonds is 8. The van der Waals surface area contributed by atoms with Crippen LogP contribution in [0.3, 0.4) is 0 Å². The zero-order valence-corrected chi connectivity index (χ0v) is 17.6. The lowest BCUT2D eigenvalue weighted by molar-refractivity contribution is -0.117. The Hall–Kier alpha value is -3.12. The van der Waals surface area contributed by atoms with Crippen LogP contribution in [0.25, 0.3) is 10.4 Å². The van der Waals surface area contributed by atoms with E-state index in [0.717, 1.165) is 34.5 Å². The maximum atomic E-state index is 12.9. The predicted molar refractivity (Wildman–Crippen MR) is 120 cm³/mol. The van der Waals surface area contributed by atoms with Crippen molar-refractivity contribution in [1.82, 2.24) is 5.32 Å². The lowest BCUT2D eigenvalue weighted by Gasteiger charge is -2.09. The SMILES string of the molecule is CCOc1cc(-c2ccccc2)sc1C(=O)NCc1cccc(NC(=O)C2CC2)c1.